The summed E-state index contributed by atoms with van der Waals surface area (Å²) < 4.78 is 74.3. The zero-order valence-electron chi connectivity index (χ0n) is 84.0. The summed E-state index contributed by atoms with van der Waals surface area (Å²) in [4.78, 5) is 9.09. The number of benzene rings is 9. The molecule has 6 aliphatic heterocycles. The number of hydrogen-bond donors (Lipinski definition) is 16. The van der Waals surface area contributed by atoms with Gasteiger partial charge in [-0.1, -0.05) is 158 Å². The highest BCUT2D eigenvalue weighted by atomic mass is 35.5. The van der Waals surface area contributed by atoms with Gasteiger partial charge in [0.1, 0.15) is 121 Å². The van der Waals surface area contributed by atoms with Crippen LogP contribution in [0.4, 0.5) is 5.69 Å². The first-order valence-corrected chi connectivity index (χ1v) is 51.1. The van der Waals surface area contributed by atoms with Gasteiger partial charge in [0.05, 0.1) is 90.2 Å². The number of anilines is 1. The lowest BCUT2D eigenvalue weighted by Gasteiger charge is -2.48. The van der Waals surface area contributed by atoms with Crippen molar-refractivity contribution in [3.63, 3.8) is 0 Å². The van der Waals surface area contributed by atoms with Crippen molar-refractivity contribution in [3.05, 3.63) is 287 Å². The van der Waals surface area contributed by atoms with E-state index in [2.05, 4.69) is 40.4 Å². The lowest BCUT2D eigenvalue weighted by molar-refractivity contribution is -0.366. The topological polar surface area (TPSA) is 457 Å². The molecule has 0 amide bonds. The maximum absolute atomic E-state index is 11.1. The van der Waals surface area contributed by atoms with E-state index in [1.165, 1.54) is 34.9 Å². The van der Waals surface area contributed by atoms with Gasteiger partial charge in [0.2, 0.25) is 23.1 Å². The second-order valence-electron chi connectivity index (χ2n) is 36.2. The molecule has 800 valence electrons. The van der Waals surface area contributed by atoms with Crippen molar-refractivity contribution in [2.45, 2.75) is 213 Å². The highest BCUT2D eigenvalue weighted by Crippen LogP contribution is 2.51. The normalized spacial score (nSPS) is 28.4. The molecule has 0 bridgehead atoms. The van der Waals surface area contributed by atoms with Crippen LogP contribution in [0.3, 0.4) is 0 Å². The molecule has 24 atom stereocenters. The van der Waals surface area contributed by atoms with Crippen molar-refractivity contribution in [1.82, 2.24) is 14.7 Å². The maximum Gasteiger partial charge on any atom is 0.224 e. The molecular formula is C109H142Cl4N4O29. The fourth-order valence-electron chi connectivity index (χ4n) is 20.2. The zero-order valence-corrected chi connectivity index (χ0v) is 87.0. The average molecular weight is 2110 g/mol. The second-order valence-corrected chi connectivity index (χ2v) is 37.8. The molecule has 0 aromatic heterocycles. The Morgan fingerprint density at radius 1 is 0.322 bits per heavy atom. The van der Waals surface area contributed by atoms with Crippen LogP contribution in [-0.2, 0) is 65.8 Å². The van der Waals surface area contributed by atoms with Gasteiger partial charge in [-0.2, -0.15) is 0 Å². The Hall–Kier alpha value is -7.98. The van der Waals surface area contributed by atoms with Crippen LogP contribution in [0.1, 0.15) is 159 Å². The molecule has 6 heterocycles. The number of morpholine rings is 1. The van der Waals surface area contributed by atoms with Crippen LogP contribution in [0.25, 0.3) is 0 Å². The largest absolute Gasteiger partial charge is 0.494 e. The summed E-state index contributed by atoms with van der Waals surface area (Å²) in [6.07, 6.45) is -20.1. The van der Waals surface area contributed by atoms with E-state index in [0.29, 0.717) is 107 Å². The molecule has 6 fully saturated rings. The molecule has 0 radical (unpaired) electrons. The third kappa shape index (κ3) is 25.1. The summed E-state index contributed by atoms with van der Waals surface area (Å²) in [7, 11) is 5.36. The highest BCUT2D eigenvalue weighted by Gasteiger charge is 2.60. The van der Waals surface area contributed by atoms with Crippen molar-refractivity contribution < 1.29 is 143 Å². The van der Waals surface area contributed by atoms with Gasteiger partial charge in [-0.15, -0.1) is 0 Å². The first-order chi connectivity index (χ1) is 70.3. The molecule has 33 nitrogen and oxygen atoms in total. The van der Waals surface area contributed by atoms with Gasteiger partial charge in [0.25, 0.3) is 0 Å². The van der Waals surface area contributed by atoms with E-state index in [-0.39, 0.29) is 24.2 Å². The molecule has 6 saturated heterocycles. The van der Waals surface area contributed by atoms with Crippen molar-refractivity contribution in [2.75, 3.05) is 145 Å². The van der Waals surface area contributed by atoms with E-state index in [0.717, 1.165) is 107 Å². The Bertz CT molecular complexity index is 5330. The molecule has 15 rings (SSSR count). The van der Waals surface area contributed by atoms with Crippen molar-refractivity contribution in [2.24, 2.45) is 0 Å². The van der Waals surface area contributed by atoms with E-state index in [1.54, 1.807) is 66.7 Å². The molecule has 6 aliphatic rings. The second kappa shape index (κ2) is 53.8. The standard InChI is InChI=1S/C30H36ClNO7.C27H36ClNO7.C26H34ClNO8.C26H36ClNO7/c1-4-32(21-9-7-6-8-10-21)26(19-11-14-22(15-12-19)38-5-2)23-17-20(13-16-24(23)31)30(37-3)29(36)28(35)27(34)25(18-33)39-30;1-3-35-19-10-7-17(8-11-19)23(29-13-5-4-6-14-29)20-15-18(9-12-21(20)28)27(34-2)26(33)25(32)24(31)22(16-30)36-27;1-3-35-18-7-4-16(5-8-18)22(28-10-12-34-13-11-28)19-14-17(6-9-20(19)27)26(33-2)25(32)24(31)23(30)21(15-29)36-26;1-5-28(6-2)22(16-8-11-18(12-9-16)34-7-3)19-14-17(10-13-20(19)27)26(33-4)25(32)24(31)23(30)21(15-29)35-26/h6-17,25-29,33-36H,4-5,18H2,1-3H3;7-12,15,22-26,30-33H,3-6,13-14,16H2,1-2H3;4-9,14,21-25,29-32H,3,10-13,15H2,1-2H3;8-14,21-25,29-32H,5-7,15H2,1-4H3/t25-,26?,27-,28+,29-,30+;22-,23?,24-,25+,26-,27+;2*21-,22?,23-,24+,25-,26+/m1111/s1. The van der Waals surface area contributed by atoms with Crippen molar-refractivity contribution >= 4 is 52.1 Å². The number of aliphatic hydroxyl groups excluding tert-OH is 16. The lowest BCUT2D eigenvalue weighted by atomic mass is 9.86. The summed E-state index contributed by atoms with van der Waals surface area (Å²) in [5.41, 5.74) is 9.56. The van der Waals surface area contributed by atoms with Crippen LogP contribution in [0.2, 0.25) is 20.1 Å². The first-order valence-electron chi connectivity index (χ1n) is 49.5. The summed E-state index contributed by atoms with van der Waals surface area (Å²) >= 11 is 27.1. The summed E-state index contributed by atoms with van der Waals surface area (Å²) in [5.74, 6) is -4.25. The third-order valence-electron chi connectivity index (χ3n) is 27.9. The summed E-state index contributed by atoms with van der Waals surface area (Å²) in [6.45, 7) is 20.4. The van der Waals surface area contributed by atoms with E-state index in [9.17, 15) is 81.7 Å². The molecule has 9 aromatic carbocycles. The minimum Gasteiger partial charge on any atom is -0.494 e. The van der Waals surface area contributed by atoms with Gasteiger partial charge in [0, 0.05) is 96.1 Å². The van der Waals surface area contributed by atoms with Gasteiger partial charge in [-0.3, -0.25) is 14.7 Å². The Morgan fingerprint density at radius 2 is 0.596 bits per heavy atom. The van der Waals surface area contributed by atoms with Gasteiger partial charge < -0.3 is 148 Å². The number of nitrogens with zero attached hydrogens (tertiary/aromatic N) is 4. The predicted molar refractivity (Wildman–Crippen MR) is 548 cm³/mol. The van der Waals surface area contributed by atoms with Gasteiger partial charge >= 0.3 is 0 Å². The van der Waals surface area contributed by atoms with Crippen LogP contribution in [0.5, 0.6) is 23.0 Å². The Morgan fingerprint density at radius 3 is 0.877 bits per heavy atom. The van der Waals surface area contributed by atoms with Crippen molar-refractivity contribution in [3.8, 4) is 23.0 Å². The fourth-order valence-corrected chi connectivity index (χ4v) is 21.1. The molecule has 0 saturated carbocycles. The lowest BCUT2D eigenvalue weighted by Crippen LogP contribution is -2.64. The van der Waals surface area contributed by atoms with Gasteiger partial charge in [-0.05, 0) is 227 Å². The Labute approximate surface area is 872 Å². The van der Waals surface area contributed by atoms with E-state index in [4.69, 9.17) is 108 Å². The van der Waals surface area contributed by atoms with E-state index in [1.807, 2.05) is 161 Å². The highest BCUT2D eigenvalue weighted by molar-refractivity contribution is 6.32. The summed E-state index contributed by atoms with van der Waals surface area (Å²) in [5, 5.41) is 168. The first kappa shape index (κ1) is 117. The molecule has 4 unspecified atom stereocenters. The SMILES string of the molecule is CCOc1ccc(C(c2cc([C@]3(OC)O[C@H](CO)[C@@H](O)[C@H](O)[C@H]3O)ccc2Cl)N(CC)CC)cc1.CCOc1ccc(C(c2cc([C@]3(OC)O[C@H](CO)[C@@H](O)[C@H](O)[C@H]3O)ccc2Cl)N(CC)c2ccccc2)cc1.CCOc1ccc(C(c2cc([C@]3(OC)O[C@H](CO)[C@@H](O)[C@H](O)[C@H]3O)ccc2Cl)N2CCCCC2)cc1.CCOc1ccc(C(c2cc([C@]3(OC)O[C@H](CO)[C@@H](O)[C@H](O)[C@H]3O)ccc2Cl)N2CCOCC2)cc1. The molecule has 0 spiro atoms. The molecule has 9 aromatic rings. The number of hydrogen-bond acceptors (Lipinski definition) is 33. The van der Waals surface area contributed by atoms with Crippen LogP contribution in [0.15, 0.2) is 200 Å². The number of piperidine rings is 1. The smallest absolute Gasteiger partial charge is 0.224 e. The zero-order chi connectivity index (χ0) is 106. The minimum atomic E-state index is -1.86. The monoisotopic (exact) mass is 2110 g/mol. The molecule has 37 heteroatoms. The Balaban J connectivity index is 0.000000173. The van der Waals surface area contributed by atoms with E-state index < -0.39 is 147 Å². The van der Waals surface area contributed by atoms with Crippen LogP contribution < -0.4 is 23.8 Å². The minimum absolute atomic E-state index is 0.174. The quantitative estimate of drug-likeness (QED) is 0.0173. The number of rotatable bonds is 36. The predicted octanol–water partition coefficient (Wildman–Crippen LogP) is 10.1. The third-order valence-corrected chi connectivity index (χ3v) is 29.3. The molecule has 0 aliphatic carbocycles. The Kier molecular flexibility index (Phi) is 43.0. The molecule has 16 N–H and O–H groups in total. The van der Waals surface area contributed by atoms with Crippen LogP contribution in [0, 0.1) is 0 Å². The van der Waals surface area contributed by atoms with Gasteiger partial charge in [0.15, 0.2) is 0 Å². The number of aliphatic hydroxyl groups is 16. The van der Waals surface area contributed by atoms with Crippen LogP contribution >= 0.6 is 46.4 Å². The molecule has 146 heavy (non-hydrogen) atoms. The number of halogens is 4. The fraction of sp³-hybridized carbons (Fsp3) is 0.505. The number of para-hydroxylation sites is 1. The van der Waals surface area contributed by atoms with Crippen LogP contribution in [-0.4, -0.2) is 334 Å². The summed E-state index contributed by atoms with van der Waals surface area (Å²) in [6, 6.07) is 60.9. The number of ether oxygens (including phenoxy) is 13. The van der Waals surface area contributed by atoms with E-state index >= 15 is 0 Å². The maximum atomic E-state index is 11.1. The number of methoxy groups -OCH3 is 4. The molecular weight excluding hydrogens is 1970 g/mol. The van der Waals surface area contributed by atoms with Crippen molar-refractivity contribution in [1.29, 1.82) is 0 Å². The van der Waals surface area contributed by atoms with Gasteiger partial charge in [-0.25, -0.2) is 0 Å². The number of likely N-dealkylation sites (tertiary alicyclic amines) is 1. The average Bonchev–Trinajstić information content (AvgIpc) is 0.752.